The molecule has 0 bridgehead atoms. The lowest BCUT2D eigenvalue weighted by Gasteiger charge is -2.41. The summed E-state index contributed by atoms with van der Waals surface area (Å²) in [5.74, 6) is 0.0919. The third kappa shape index (κ3) is 5.13. The lowest BCUT2D eigenvalue weighted by Crippen LogP contribution is -2.52. The van der Waals surface area contributed by atoms with E-state index in [0.717, 1.165) is 37.0 Å². The SMILES string of the molecule is COc1ccc(CN2CCN(Cc3cc(F)ccc3F)C[C@H]2CCO)c(C)c1C. The molecule has 0 radical (unpaired) electrons. The van der Waals surface area contributed by atoms with Crippen LogP contribution in [0.3, 0.4) is 0 Å². The van der Waals surface area contributed by atoms with E-state index in [1.165, 1.54) is 23.3 Å². The van der Waals surface area contributed by atoms with Gasteiger partial charge < -0.3 is 9.84 Å². The van der Waals surface area contributed by atoms with E-state index in [2.05, 4.69) is 29.7 Å². The Morgan fingerprint density at radius 2 is 1.83 bits per heavy atom. The van der Waals surface area contributed by atoms with Crippen LogP contribution in [0, 0.1) is 25.5 Å². The number of ether oxygens (including phenoxy) is 1. The highest BCUT2D eigenvalue weighted by molar-refractivity contribution is 5.43. The smallest absolute Gasteiger partial charge is 0.127 e. The van der Waals surface area contributed by atoms with Gasteiger partial charge in [0.05, 0.1) is 7.11 Å². The highest BCUT2D eigenvalue weighted by Gasteiger charge is 2.27. The second-order valence-electron chi connectivity index (χ2n) is 7.78. The van der Waals surface area contributed by atoms with Gasteiger partial charge in [0.1, 0.15) is 17.4 Å². The molecule has 0 aliphatic carbocycles. The van der Waals surface area contributed by atoms with Crippen LogP contribution in [-0.2, 0) is 13.1 Å². The van der Waals surface area contributed by atoms with E-state index in [1.807, 2.05) is 6.07 Å². The molecule has 3 rings (SSSR count). The van der Waals surface area contributed by atoms with Crippen LogP contribution in [0.1, 0.15) is 28.7 Å². The van der Waals surface area contributed by atoms with Crippen LogP contribution >= 0.6 is 0 Å². The summed E-state index contributed by atoms with van der Waals surface area (Å²) in [4.78, 5) is 4.52. The summed E-state index contributed by atoms with van der Waals surface area (Å²) in [6.45, 7) is 7.74. The minimum absolute atomic E-state index is 0.101. The molecule has 1 N–H and O–H groups in total. The number of aliphatic hydroxyl groups is 1. The molecule has 1 aliphatic rings. The lowest BCUT2D eigenvalue weighted by molar-refractivity contribution is 0.0493. The third-order valence-electron chi connectivity index (χ3n) is 6.00. The van der Waals surface area contributed by atoms with Crippen molar-refractivity contribution in [2.45, 2.75) is 39.4 Å². The van der Waals surface area contributed by atoms with Crippen molar-refractivity contribution >= 4 is 0 Å². The molecular weight excluding hydrogens is 374 g/mol. The van der Waals surface area contributed by atoms with E-state index in [1.54, 1.807) is 7.11 Å². The summed E-state index contributed by atoms with van der Waals surface area (Å²) < 4.78 is 32.9. The fourth-order valence-electron chi connectivity index (χ4n) is 4.10. The molecule has 1 atom stereocenters. The van der Waals surface area contributed by atoms with Gasteiger partial charge in [-0.05, 0) is 61.2 Å². The number of benzene rings is 2. The maximum Gasteiger partial charge on any atom is 0.127 e. The molecule has 2 aromatic carbocycles. The number of piperazine rings is 1. The summed E-state index contributed by atoms with van der Waals surface area (Å²) >= 11 is 0. The van der Waals surface area contributed by atoms with Gasteiger partial charge in [-0.15, -0.1) is 0 Å². The molecule has 4 nitrogen and oxygen atoms in total. The van der Waals surface area contributed by atoms with Crippen LogP contribution in [-0.4, -0.2) is 54.3 Å². The van der Waals surface area contributed by atoms with Crippen molar-refractivity contribution in [2.24, 2.45) is 0 Å². The number of rotatable bonds is 7. The number of nitrogens with zero attached hydrogens (tertiary/aromatic N) is 2. The maximum absolute atomic E-state index is 14.0. The lowest BCUT2D eigenvalue weighted by atomic mass is 10.00. The van der Waals surface area contributed by atoms with Gasteiger partial charge in [0.25, 0.3) is 0 Å². The molecule has 6 heteroatoms. The molecule has 0 amide bonds. The second kappa shape index (κ2) is 9.65. The van der Waals surface area contributed by atoms with E-state index >= 15 is 0 Å². The molecule has 0 aromatic heterocycles. The van der Waals surface area contributed by atoms with E-state index in [0.29, 0.717) is 25.1 Å². The molecule has 0 saturated carbocycles. The number of hydrogen-bond acceptors (Lipinski definition) is 4. The van der Waals surface area contributed by atoms with Crippen molar-refractivity contribution in [1.82, 2.24) is 9.80 Å². The number of aliphatic hydroxyl groups excluding tert-OH is 1. The fourth-order valence-corrected chi connectivity index (χ4v) is 4.10. The molecule has 158 valence electrons. The Balaban J connectivity index is 1.71. The molecule has 1 heterocycles. The Morgan fingerprint density at radius 3 is 2.55 bits per heavy atom. The summed E-state index contributed by atoms with van der Waals surface area (Å²) in [5, 5.41) is 9.55. The first-order valence-corrected chi connectivity index (χ1v) is 10.1. The van der Waals surface area contributed by atoms with Crippen molar-refractivity contribution in [3.8, 4) is 5.75 Å². The van der Waals surface area contributed by atoms with Crippen LogP contribution in [0.15, 0.2) is 30.3 Å². The van der Waals surface area contributed by atoms with Crippen molar-refractivity contribution < 1.29 is 18.6 Å². The third-order valence-corrected chi connectivity index (χ3v) is 6.00. The minimum Gasteiger partial charge on any atom is -0.496 e. The Labute approximate surface area is 171 Å². The minimum atomic E-state index is -0.419. The summed E-state index contributed by atoms with van der Waals surface area (Å²) in [7, 11) is 1.68. The number of hydrogen-bond donors (Lipinski definition) is 1. The summed E-state index contributed by atoms with van der Waals surface area (Å²) in [5.41, 5.74) is 3.99. The molecule has 1 saturated heterocycles. The molecule has 1 fully saturated rings. The normalized spacial score (nSPS) is 18.2. The first-order valence-electron chi connectivity index (χ1n) is 10.1. The first kappa shape index (κ1) is 21.7. The predicted octanol–water partition coefficient (Wildman–Crippen LogP) is 3.66. The Bertz CT molecular complexity index is 844. The van der Waals surface area contributed by atoms with Crippen molar-refractivity contribution in [2.75, 3.05) is 33.4 Å². The van der Waals surface area contributed by atoms with Gasteiger partial charge in [-0.25, -0.2) is 8.78 Å². The number of methoxy groups -OCH3 is 1. The first-order chi connectivity index (χ1) is 13.9. The van der Waals surface area contributed by atoms with Crippen LogP contribution < -0.4 is 4.74 Å². The van der Waals surface area contributed by atoms with Crippen molar-refractivity contribution in [1.29, 1.82) is 0 Å². The Hall–Kier alpha value is -2.02. The van der Waals surface area contributed by atoms with Crippen LogP contribution in [0.4, 0.5) is 8.78 Å². The average Bonchev–Trinajstić information content (AvgIpc) is 2.70. The Kier molecular flexibility index (Phi) is 7.22. The van der Waals surface area contributed by atoms with E-state index < -0.39 is 5.82 Å². The van der Waals surface area contributed by atoms with Crippen molar-refractivity contribution in [3.05, 3.63) is 64.2 Å². The molecule has 1 aliphatic heterocycles. The van der Waals surface area contributed by atoms with E-state index in [9.17, 15) is 13.9 Å². The molecule has 2 aromatic rings. The Morgan fingerprint density at radius 1 is 1.03 bits per heavy atom. The van der Waals surface area contributed by atoms with Crippen molar-refractivity contribution in [3.63, 3.8) is 0 Å². The molecular formula is C23H30F2N2O2. The quantitative estimate of drug-likeness (QED) is 0.764. The predicted molar refractivity (Wildman–Crippen MR) is 110 cm³/mol. The molecule has 0 unspecified atom stereocenters. The highest BCUT2D eigenvalue weighted by atomic mass is 19.1. The van der Waals surface area contributed by atoms with E-state index in [-0.39, 0.29) is 18.5 Å². The van der Waals surface area contributed by atoms with Crippen LogP contribution in [0.5, 0.6) is 5.75 Å². The zero-order valence-corrected chi connectivity index (χ0v) is 17.4. The van der Waals surface area contributed by atoms with Crippen LogP contribution in [0.2, 0.25) is 0 Å². The van der Waals surface area contributed by atoms with Gasteiger partial charge >= 0.3 is 0 Å². The zero-order valence-electron chi connectivity index (χ0n) is 17.4. The van der Waals surface area contributed by atoms with Gasteiger partial charge in [0, 0.05) is 50.9 Å². The summed E-state index contributed by atoms with van der Waals surface area (Å²) in [6.07, 6.45) is 0.649. The van der Waals surface area contributed by atoms with Gasteiger partial charge in [-0.3, -0.25) is 9.80 Å². The maximum atomic E-state index is 14.0. The largest absolute Gasteiger partial charge is 0.496 e. The van der Waals surface area contributed by atoms with Crippen LogP contribution in [0.25, 0.3) is 0 Å². The van der Waals surface area contributed by atoms with Gasteiger partial charge in [-0.2, -0.15) is 0 Å². The van der Waals surface area contributed by atoms with Gasteiger partial charge in [0.2, 0.25) is 0 Å². The fraction of sp³-hybridized carbons (Fsp3) is 0.478. The van der Waals surface area contributed by atoms with Gasteiger partial charge in [0.15, 0.2) is 0 Å². The topological polar surface area (TPSA) is 35.9 Å². The molecule has 29 heavy (non-hydrogen) atoms. The highest BCUT2D eigenvalue weighted by Crippen LogP contribution is 2.26. The second-order valence-corrected chi connectivity index (χ2v) is 7.78. The van der Waals surface area contributed by atoms with E-state index in [4.69, 9.17) is 4.74 Å². The average molecular weight is 405 g/mol. The molecule has 0 spiro atoms. The van der Waals surface area contributed by atoms with Gasteiger partial charge in [-0.1, -0.05) is 6.07 Å². The zero-order chi connectivity index (χ0) is 21.0. The number of halogens is 2. The monoisotopic (exact) mass is 404 g/mol. The summed E-state index contributed by atoms with van der Waals surface area (Å²) in [6, 6.07) is 7.86. The standard InChI is InChI=1S/C23H30F2N2O2/c1-16-17(2)23(29-3)7-4-18(16)14-27-10-9-26(15-21(27)8-11-28)13-19-12-20(24)5-6-22(19)25/h4-7,12,21,28H,8-11,13-15H2,1-3H3/t21-/m1/s1.